The summed E-state index contributed by atoms with van der Waals surface area (Å²) < 4.78 is 5.22. The molecule has 0 radical (unpaired) electrons. The summed E-state index contributed by atoms with van der Waals surface area (Å²) in [5.74, 6) is 0.762. The zero-order valence-corrected chi connectivity index (χ0v) is 7.28. The Morgan fingerprint density at radius 2 is 2.62 bits per heavy atom. The minimum Gasteiger partial charge on any atom is -0.469 e. The summed E-state index contributed by atoms with van der Waals surface area (Å²) in [5.41, 5.74) is 3.35. The van der Waals surface area contributed by atoms with Crippen molar-refractivity contribution in [2.45, 2.75) is 12.8 Å². The lowest BCUT2D eigenvalue weighted by molar-refractivity contribution is -0.111. The van der Waals surface area contributed by atoms with E-state index in [9.17, 15) is 4.79 Å². The van der Waals surface area contributed by atoms with Crippen molar-refractivity contribution in [2.75, 3.05) is 6.54 Å². The number of carbonyl (C=O) groups excluding carboxylic acids is 1. The second-order valence-electron chi connectivity index (χ2n) is 2.98. The molecule has 0 bridgehead atoms. The first-order valence-corrected chi connectivity index (χ1v) is 4.14. The van der Waals surface area contributed by atoms with E-state index in [0.29, 0.717) is 12.3 Å². The minimum atomic E-state index is -0.0208. The SMILES string of the molecule is CC(=O)C1=NNCC1c1ccco1. The van der Waals surface area contributed by atoms with Crippen LogP contribution in [-0.4, -0.2) is 18.0 Å². The van der Waals surface area contributed by atoms with Gasteiger partial charge in [-0.2, -0.15) is 5.10 Å². The van der Waals surface area contributed by atoms with Crippen molar-refractivity contribution in [1.82, 2.24) is 5.43 Å². The molecule has 0 saturated carbocycles. The van der Waals surface area contributed by atoms with Crippen LogP contribution in [0.1, 0.15) is 18.6 Å². The van der Waals surface area contributed by atoms with Crippen LogP contribution in [0.15, 0.2) is 27.9 Å². The number of nitrogens with zero attached hydrogens (tertiary/aromatic N) is 1. The van der Waals surface area contributed by atoms with Crippen molar-refractivity contribution in [3.8, 4) is 0 Å². The average Bonchev–Trinajstić information content (AvgIpc) is 2.74. The molecule has 1 unspecified atom stereocenters. The van der Waals surface area contributed by atoms with Crippen LogP contribution in [0.4, 0.5) is 0 Å². The van der Waals surface area contributed by atoms with E-state index in [1.54, 1.807) is 6.26 Å². The molecular weight excluding hydrogens is 168 g/mol. The summed E-state index contributed by atoms with van der Waals surface area (Å²) >= 11 is 0. The molecule has 0 amide bonds. The van der Waals surface area contributed by atoms with Crippen LogP contribution < -0.4 is 5.43 Å². The molecule has 4 heteroatoms. The van der Waals surface area contributed by atoms with E-state index >= 15 is 0 Å². The second-order valence-corrected chi connectivity index (χ2v) is 2.98. The summed E-state index contributed by atoms with van der Waals surface area (Å²) in [5, 5.41) is 3.93. The second kappa shape index (κ2) is 3.05. The first-order chi connectivity index (χ1) is 6.29. The molecule has 0 fully saturated rings. The van der Waals surface area contributed by atoms with Crippen LogP contribution in [0, 0.1) is 0 Å². The van der Waals surface area contributed by atoms with Gasteiger partial charge in [-0.25, -0.2) is 0 Å². The first kappa shape index (κ1) is 8.04. The summed E-state index contributed by atoms with van der Waals surface area (Å²) in [6.07, 6.45) is 1.60. The van der Waals surface area contributed by atoms with Gasteiger partial charge in [0.25, 0.3) is 0 Å². The van der Waals surface area contributed by atoms with Gasteiger partial charge in [-0.3, -0.25) is 4.79 Å². The van der Waals surface area contributed by atoms with Crippen molar-refractivity contribution < 1.29 is 9.21 Å². The predicted molar refractivity (Wildman–Crippen MR) is 47.6 cm³/mol. The van der Waals surface area contributed by atoms with E-state index < -0.39 is 0 Å². The number of hydrazone groups is 1. The smallest absolute Gasteiger partial charge is 0.176 e. The van der Waals surface area contributed by atoms with Crippen LogP contribution in [0.2, 0.25) is 0 Å². The number of rotatable bonds is 2. The first-order valence-electron chi connectivity index (χ1n) is 4.14. The molecule has 13 heavy (non-hydrogen) atoms. The Morgan fingerprint density at radius 1 is 1.77 bits per heavy atom. The van der Waals surface area contributed by atoms with Crippen LogP contribution in [0.25, 0.3) is 0 Å². The van der Waals surface area contributed by atoms with Gasteiger partial charge in [0.2, 0.25) is 0 Å². The Balaban J connectivity index is 2.27. The summed E-state index contributed by atoms with van der Waals surface area (Å²) in [4.78, 5) is 11.1. The van der Waals surface area contributed by atoms with E-state index in [4.69, 9.17) is 4.42 Å². The maximum atomic E-state index is 11.1. The van der Waals surface area contributed by atoms with Gasteiger partial charge in [0.05, 0.1) is 12.2 Å². The van der Waals surface area contributed by atoms with Gasteiger partial charge in [-0.1, -0.05) is 0 Å². The summed E-state index contributed by atoms with van der Waals surface area (Å²) in [6, 6.07) is 3.67. The fraction of sp³-hybridized carbons (Fsp3) is 0.333. The Kier molecular flexibility index (Phi) is 1.88. The zero-order valence-electron chi connectivity index (χ0n) is 7.28. The third kappa shape index (κ3) is 1.35. The van der Waals surface area contributed by atoms with E-state index in [1.165, 1.54) is 6.92 Å². The molecule has 1 aliphatic rings. The van der Waals surface area contributed by atoms with Crippen molar-refractivity contribution in [3.05, 3.63) is 24.2 Å². The van der Waals surface area contributed by atoms with E-state index in [1.807, 2.05) is 12.1 Å². The number of hydrogen-bond donors (Lipinski definition) is 1. The number of furan rings is 1. The third-order valence-electron chi connectivity index (χ3n) is 2.07. The largest absolute Gasteiger partial charge is 0.469 e. The Labute approximate surface area is 75.6 Å². The molecule has 68 valence electrons. The number of Topliss-reactive ketones (excluding diaryl/α,β-unsaturated/α-hetero) is 1. The summed E-state index contributed by atoms with van der Waals surface area (Å²) in [6.45, 7) is 2.16. The molecule has 1 atom stereocenters. The topological polar surface area (TPSA) is 54.6 Å². The lowest BCUT2D eigenvalue weighted by atomic mass is 9.99. The molecule has 0 aliphatic carbocycles. The number of nitrogens with one attached hydrogen (secondary N) is 1. The molecule has 1 aliphatic heterocycles. The predicted octanol–water partition coefficient (Wildman–Crippen LogP) is 0.911. The zero-order chi connectivity index (χ0) is 9.26. The average molecular weight is 178 g/mol. The molecule has 0 spiro atoms. The van der Waals surface area contributed by atoms with Gasteiger partial charge < -0.3 is 9.84 Å². The van der Waals surface area contributed by atoms with E-state index in [-0.39, 0.29) is 11.7 Å². The quantitative estimate of drug-likeness (QED) is 0.732. The minimum absolute atomic E-state index is 0.00796. The van der Waals surface area contributed by atoms with Crippen molar-refractivity contribution in [3.63, 3.8) is 0 Å². The Hall–Kier alpha value is -1.58. The van der Waals surface area contributed by atoms with Crippen molar-refractivity contribution >= 4 is 11.5 Å². The Morgan fingerprint density at radius 3 is 3.23 bits per heavy atom. The molecule has 2 rings (SSSR count). The third-order valence-corrected chi connectivity index (χ3v) is 2.07. The molecule has 0 saturated heterocycles. The summed E-state index contributed by atoms with van der Waals surface area (Å²) in [7, 11) is 0. The number of hydrogen-bond acceptors (Lipinski definition) is 4. The fourth-order valence-corrected chi connectivity index (χ4v) is 1.45. The lowest BCUT2D eigenvalue weighted by Crippen LogP contribution is -2.18. The normalized spacial score (nSPS) is 21.0. The molecular formula is C9H10N2O2. The van der Waals surface area contributed by atoms with Crippen molar-refractivity contribution in [1.29, 1.82) is 0 Å². The van der Waals surface area contributed by atoms with Crippen LogP contribution in [0.5, 0.6) is 0 Å². The molecule has 2 heterocycles. The van der Waals surface area contributed by atoms with Crippen LogP contribution in [-0.2, 0) is 4.79 Å². The molecule has 1 N–H and O–H groups in total. The monoisotopic (exact) mass is 178 g/mol. The maximum Gasteiger partial charge on any atom is 0.176 e. The highest BCUT2D eigenvalue weighted by Crippen LogP contribution is 2.20. The number of ketones is 1. The fourth-order valence-electron chi connectivity index (χ4n) is 1.45. The molecule has 1 aromatic heterocycles. The highest BCUT2D eigenvalue weighted by atomic mass is 16.3. The molecule has 1 aromatic rings. The number of carbonyl (C=O) groups is 1. The van der Waals surface area contributed by atoms with Gasteiger partial charge >= 0.3 is 0 Å². The molecule has 4 nitrogen and oxygen atoms in total. The van der Waals surface area contributed by atoms with Gasteiger partial charge in [-0.05, 0) is 12.1 Å². The van der Waals surface area contributed by atoms with Crippen LogP contribution >= 0.6 is 0 Å². The standard InChI is InChI=1S/C9H10N2O2/c1-6(12)9-7(5-10-11-9)8-3-2-4-13-8/h2-4,7,10H,5H2,1H3. The van der Waals surface area contributed by atoms with E-state index in [0.717, 1.165) is 5.76 Å². The van der Waals surface area contributed by atoms with Gasteiger partial charge in [0.15, 0.2) is 5.78 Å². The van der Waals surface area contributed by atoms with Gasteiger partial charge in [0.1, 0.15) is 11.5 Å². The van der Waals surface area contributed by atoms with Crippen LogP contribution in [0.3, 0.4) is 0 Å². The van der Waals surface area contributed by atoms with Gasteiger partial charge in [-0.15, -0.1) is 0 Å². The highest BCUT2D eigenvalue weighted by molar-refractivity contribution is 6.41. The highest BCUT2D eigenvalue weighted by Gasteiger charge is 2.28. The van der Waals surface area contributed by atoms with E-state index in [2.05, 4.69) is 10.5 Å². The molecule has 0 aromatic carbocycles. The Bertz CT molecular complexity index is 341. The lowest BCUT2D eigenvalue weighted by Gasteiger charge is -2.04. The van der Waals surface area contributed by atoms with Gasteiger partial charge in [0, 0.05) is 13.5 Å². The maximum absolute atomic E-state index is 11.1. The van der Waals surface area contributed by atoms with Crippen molar-refractivity contribution in [2.24, 2.45) is 5.10 Å².